The summed E-state index contributed by atoms with van der Waals surface area (Å²) in [5, 5.41) is 10.7. The molecule has 0 aliphatic carbocycles. The van der Waals surface area contributed by atoms with E-state index in [1.807, 2.05) is 0 Å². The van der Waals surface area contributed by atoms with Gasteiger partial charge in [0.1, 0.15) is 0 Å². The molecule has 1 unspecified atom stereocenters. The Morgan fingerprint density at radius 3 is 2.67 bits per heavy atom. The highest BCUT2D eigenvalue weighted by molar-refractivity contribution is 4.90. The van der Waals surface area contributed by atoms with Crippen molar-refractivity contribution in [3.05, 3.63) is 0 Å². The van der Waals surface area contributed by atoms with Crippen molar-refractivity contribution < 1.29 is 9.84 Å². The molecule has 0 amide bonds. The lowest BCUT2D eigenvalue weighted by Crippen LogP contribution is -2.41. The quantitative estimate of drug-likeness (QED) is 0.712. The summed E-state index contributed by atoms with van der Waals surface area (Å²) in [5.74, 6) is 0.470. The molecule has 15 heavy (non-hydrogen) atoms. The highest BCUT2D eigenvalue weighted by Gasteiger charge is 2.38. The Bertz CT molecular complexity index is 204. The van der Waals surface area contributed by atoms with E-state index in [0.717, 1.165) is 58.4 Å². The molecule has 2 heterocycles. The van der Waals surface area contributed by atoms with Gasteiger partial charge in [-0.25, -0.2) is 0 Å². The summed E-state index contributed by atoms with van der Waals surface area (Å²) in [6, 6.07) is 0. The van der Waals surface area contributed by atoms with Gasteiger partial charge in [-0.3, -0.25) is 0 Å². The van der Waals surface area contributed by atoms with Gasteiger partial charge in [-0.05, 0) is 51.6 Å². The fourth-order valence-electron chi connectivity index (χ4n) is 2.92. The van der Waals surface area contributed by atoms with Crippen LogP contribution < -0.4 is 0 Å². The maximum atomic E-state index is 10.7. The van der Waals surface area contributed by atoms with Gasteiger partial charge >= 0.3 is 0 Å². The third kappa shape index (κ3) is 2.71. The summed E-state index contributed by atoms with van der Waals surface area (Å²) in [5.41, 5.74) is -0.408. The molecule has 0 bridgehead atoms. The van der Waals surface area contributed by atoms with Crippen molar-refractivity contribution >= 4 is 0 Å². The minimum Gasteiger partial charge on any atom is -0.390 e. The van der Waals surface area contributed by atoms with Crippen molar-refractivity contribution in [1.29, 1.82) is 0 Å². The monoisotopic (exact) mass is 213 g/mol. The Balaban J connectivity index is 1.97. The van der Waals surface area contributed by atoms with E-state index in [0.29, 0.717) is 5.92 Å². The summed E-state index contributed by atoms with van der Waals surface area (Å²) in [4.78, 5) is 2.33. The largest absolute Gasteiger partial charge is 0.390 e. The molecule has 0 saturated carbocycles. The summed E-state index contributed by atoms with van der Waals surface area (Å²) in [7, 11) is 2.15. The highest BCUT2D eigenvalue weighted by atomic mass is 16.5. The van der Waals surface area contributed by atoms with Crippen LogP contribution >= 0.6 is 0 Å². The second kappa shape index (κ2) is 4.81. The number of likely N-dealkylation sites (tertiary alicyclic amines) is 1. The molecule has 0 aromatic rings. The minimum absolute atomic E-state index is 0.408. The van der Waals surface area contributed by atoms with E-state index in [4.69, 9.17) is 4.74 Å². The van der Waals surface area contributed by atoms with Crippen molar-refractivity contribution in [1.82, 2.24) is 4.90 Å². The average molecular weight is 213 g/mol. The summed E-state index contributed by atoms with van der Waals surface area (Å²) < 4.78 is 5.37. The van der Waals surface area contributed by atoms with Crippen LogP contribution in [-0.4, -0.2) is 49.0 Å². The Morgan fingerprint density at radius 1 is 1.20 bits per heavy atom. The molecule has 2 aliphatic rings. The molecule has 0 aromatic carbocycles. The molecule has 1 atom stereocenters. The first-order valence-corrected chi connectivity index (χ1v) is 6.19. The lowest BCUT2D eigenvalue weighted by atomic mass is 9.77. The van der Waals surface area contributed by atoms with Crippen LogP contribution in [0.1, 0.15) is 32.1 Å². The van der Waals surface area contributed by atoms with E-state index >= 15 is 0 Å². The molecule has 2 saturated heterocycles. The van der Waals surface area contributed by atoms with Crippen molar-refractivity contribution in [3.8, 4) is 0 Å². The first-order chi connectivity index (χ1) is 7.21. The van der Waals surface area contributed by atoms with Crippen molar-refractivity contribution in [2.75, 3.05) is 33.4 Å². The van der Waals surface area contributed by atoms with Gasteiger partial charge in [0, 0.05) is 19.8 Å². The normalized spacial score (nSPS) is 36.4. The van der Waals surface area contributed by atoms with Gasteiger partial charge in [0.2, 0.25) is 0 Å². The van der Waals surface area contributed by atoms with Gasteiger partial charge in [0.05, 0.1) is 5.60 Å². The molecular weight excluding hydrogens is 190 g/mol. The Kier molecular flexibility index (Phi) is 3.65. The summed E-state index contributed by atoms with van der Waals surface area (Å²) in [6.07, 6.45) is 5.13. The van der Waals surface area contributed by atoms with E-state index in [1.165, 1.54) is 0 Å². The van der Waals surface area contributed by atoms with Gasteiger partial charge in [0.25, 0.3) is 0 Å². The van der Waals surface area contributed by atoms with E-state index in [9.17, 15) is 5.11 Å². The van der Waals surface area contributed by atoms with Crippen LogP contribution in [0.25, 0.3) is 0 Å². The van der Waals surface area contributed by atoms with Crippen LogP contribution in [0, 0.1) is 5.92 Å². The lowest BCUT2D eigenvalue weighted by molar-refractivity contribution is -0.0734. The number of nitrogens with zero attached hydrogens (tertiary/aromatic N) is 1. The SMILES string of the molecule is CN1CCCC(O)(C2CCOCC2)CC1. The van der Waals surface area contributed by atoms with Crippen molar-refractivity contribution in [3.63, 3.8) is 0 Å². The molecule has 88 valence electrons. The van der Waals surface area contributed by atoms with Gasteiger partial charge in [-0.1, -0.05) is 0 Å². The van der Waals surface area contributed by atoms with E-state index in [-0.39, 0.29) is 0 Å². The summed E-state index contributed by atoms with van der Waals surface area (Å²) >= 11 is 0. The highest BCUT2D eigenvalue weighted by Crippen LogP contribution is 2.35. The van der Waals surface area contributed by atoms with E-state index in [2.05, 4.69) is 11.9 Å². The van der Waals surface area contributed by atoms with Crippen LogP contribution in [0.4, 0.5) is 0 Å². The second-order valence-corrected chi connectivity index (χ2v) is 5.15. The molecule has 1 N–H and O–H groups in total. The van der Waals surface area contributed by atoms with Crippen molar-refractivity contribution in [2.24, 2.45) is 5.92 Å². The van der Waals surface area contributed by atoms with Crippen LogP contribution in [0.15, 0.2) is 0 Å². The fourth-order valence-corrected chi connectivity index (χ4v) is 2.92. The zero-order valence-corrected chi connectivity index (χ0v) is 9.74. The molecule has 2 aliphatic heterocycles. The fraction of sp³-hybridized carbons (Fsp3) is 1.00. The number of aliphatic hydroxyl groups is 1. The zero-order chi connectivity index (χ0) is 10.7. The molecule has 0 aromatic heterocycles. The molecule has 0 radical (unpaired) electrons. The topological polar surface area (TPSA) is 32.7 Å². The lowest BCUT2D eigenvalue weighted by Gasteiger charge is -2.37. The predicted molar refractivity (Wildman–Crippen MR) is 59.8 cm³/mol. The Labute approximate surface area is 92.4 Å². The number of rotatable bonds is 1. The van der Waals surface area contributed by atoms with Crippen LogP contribution in [0.2, 0.25) is 0 Å². The van der Waals surface area contributed by atoms with Crippen molar-refractivity contribution in [2.45, 2.75) is 37.7 Å². The second-order valence-electron chi connectivity index (χ2n) is 5.15. The van der Waals surface area contributed by atoms with Crippen LogP contribution in [0.3, 0.4) is 0 Å². The molecule has 3 nitrogen and oxygen atoms in total. The number of hydrogen-bond acceptors (Lipinski definition) is 3. The van der Waals surface area contributed by atoms with Gasteiger partial charge in [-0.2, -0.15) is 0 Å². The van der Waals surface area contributed by atoms with Crippen LogP contribution in [0.5, 0.6) is 0 Å². The average Bonchev–Trinajstić information content (AvgIpc) is 2.44. The first-order valence-electron chi connectivity index (χ1n) is 6.19. The predicted octanol–water partition coefficient (Wildman–Crippen LogP) is 1.26. The first kappa shape index (κ1) is 11.4. The maximum Gasteiger partial charge on any atom is 0.0690 e. The molecular formula is C12H23NO2. The third-order valence-corrected chi connectivity index (χ3v) is 4.06. The standard InChI is InChI=1S/C12H23NO2/c1-13-7-2-5-12(14,6-8-13)11-3-9-15-10-4-11/h11,14H,2-10H2,1H3. The van der Waals surface area contributed by atoms with Gasteiger partial charge in [-0.15, -0.1) is 0 Å². The molecule has 2 fully saturated rings. The molecule has 3 heteroatoms. The number of ether oxygens (including phenoxy) is 1. The van der Waals surface area contributed by atoms with E-state index in [1.54, 1.807) is 0 Å². The number of hydrogen-bond donors (Lipinski definition) is 1. The minimum atomic E-state index is -0.408. The van der Waals surface area contributed by atoms with E-state index < -0.39 is 5.60 Å². The third-order valence-electron chi connectivity index (χ3n) is 4.06. The summed E-state index contributed by atoms with van der Waals surface area (Å²) in [6.45, 7) is 3.84. The molecule has 2 rings (SSSR count). The van der Waals surface area contributed by atoms with Gasteiger partial charge < -0.3 is 14.7 Å². The Morgan fingerprint density at radius 2 is 1.93 bits per heavy atom. The Hall–Kier alpha value is -0.120. The van der Waals surface area contributed by atoms with Gasteiger partial charge in [0.15, 0.2) is 0 Å². The maximum absolute atomic E-state index is 10.7. The van der Waals surface area contributed by atoms with Crippen LogP contribution in [-0.2, 0) is 4.74 Å². The zero-order valence-electron chi connectivity index (χ0n) is 9.74. The smallest absolute Gasteiger partial charge is 0.0690 e. The molecule has 0 spiro atoms.